The first kappa shape index (κ1) is 22.7. The van der Waals surface area contributed by atoms with Crippen molar-refractivity contribution in [1.29, 1.82) is 0 Å². The first-order valence-electron chi connectivity index (χ1n) is 11.9. The van der Waals surface area contributed by atoms with E-state index >= 15 is 0 Å². The third kappa shape index (κ3) is 4.37. The molecular formula is C28H29N5O2. The number of nitrogens with two attached hydrogens (primary N) is 1. The summed E-state index contributed by atoms with van der Waals surface area (Å²) in [6.07, 6.45) is 6.49. The van der Waals surface area contributed by atoms with Gasteiger partial charge in [0, 0.05) is 23.9 Å². The van der Waals surface area contributed by atoms with Gasteiger partial charge in [0.25, 0.3) is 5.91 Å². The highest BCUT2D eigenvalue weighted by Gasteiger charge is 2.22. The van der Waals surface area contributed by atoms with Crippen molar-refractivity contribution in [2.24, 2.45) is 7.05 Å². The van der Waals surface area contributed by atoms with Crippen LogP contribution in [0.5, 0.6) is 5.75 Å². The minimum Gasteiger partial charge on any atom is -0.490 e. The Labute approximate surface area is 204 Å². The van der Waals surface area contributed by atoms with Gasteiger partial charge >= 0.3 is 0 Å². The summed E-state index contributed by atoms with van der Waals surface area (Å²) in [5, 5.41) is 3.66. The Morgan fingerprint density at radius 1 is 1.06 bits per heavy atom. The van der Waals surface area contributed by atoms with E-state index in [2.05, 4.69) is 34.0 Å². The summed E-state index contributed by atoms with van der Waals surface area (Å²) >= 11 is 0. The maximum Gasteiger partial charge on any atom is 0.250 e. The van der Waals surface area contributed by atoms with Crippen molar-refractivity contribution in [3.63, 3.8) is 0 Å². The van der Waals surface area contributed by atoms with E-state index in [1.807, 2.05) is 48.0 Å². The highest BCUT2D eigenvalue weighted by atomic mass is 16.5. The number of amides is 1. The van der Waals surface area contributed by atoms with Crippen LogP contribution in [0.3, 0.4) is 0 Å². The van der Waals surface area contributed by atoms with E-state index in [1.165, 1.54) is 19.2 Å². The van der Waals surface area contributed by atoms with Crippen molar-refractivity contribution >= 4 is 28.4 Å². The summed E-state index contributed by atoms with van der Waals surface area (Å²) in [6.45, 7) is 5.37. The summed E-state index contributed by atoms with van der Waals surface area (Å²) in [6, 6.07) is 15.9. The largest absolute Gasteiger partial charge is 0.490 e. The maximum atomic E-state index is 12.0. The molecule has 7 nitrogen and oxygen atoms in total. The lowest BCUT2D eigenvalue weighted by atomic mass is 9.98. The molecule has 178 valence electrons. The topological polar surface area (TPSA) is 95.1 Å². The molecule has 5 rings (SSSR count). The first-order chi connectivity index (χ1) is 16.9. The number of aryl methyl sites for hydroxylation is 1. The number of benzene rings is 2. The summed E-state index contributed by atoms with van der Waals surface area (Å²) in [5.74, 6) is 1.11. The number of hydrogen-bond acceptors (Lipinski definition) is 5. The Morgan fingerprint density at radius 3 is 2.37 bits per heavy atom. The van der Waals surface area contributed by atoms with Gasteiger partial charge in [-0.25, -0.2) is 9.97 Å². The Morgan fingerprint density at radius 2 is 1.71 bits per heavy atom. The van der Waals surface area contributed by atoms with Crippen molar-refractivity contribution < 1.29 is 9.53 Å². The zero-order valence-corrected chi connectivity index (χ0v) is 20.0. The fourth-order valence-electron chi connectivity index (χ4n) is 4.74. The molecule has 1 aliphatic rings. The van der Waals surface area contributed by atoms with Crippen LogP contribution >= 0.6 is 0 Å². The minimum absolute atomic E-state index is 0.203. The molecule has 0 saturated heterocycles. The average Bonchev–Trinajstić information content (AvgIpc) is 3.47. The number of nitrogens with one attached hydrogen (secondary N) is 1. The number of aromatic nitrogens is 3. The lowest BCUT2D eigenvalue weighted by Crippen LogP contribution is -2.11. The quantitative estimate of drug-likeness (QED) is 0.354. The van der Waals surface area contributed by atoms with E-state index in [4.69, 9.17) is 10.5 Å². The van der Waals surface area contributed by atoms with E-state index in [1.54, 1.807) is 6.92 Å². The SMILES string of the molecule is C=C(C)C(=O)Nc1ccc(-c2c(-c3ccc(OC4CCCC4)cc3)c3c(N)ncnc3n2C)cc1. The van der Waals surface area contributed by atoms with Crippen LogP contribution < -0.4 is 15.8 Å². The van der Waals surface area contributed by atoms with Gasteiger partial charge in [0.1, 0.15) is 23.5 Å². The van der Waals surface area contributed by atoms with Crippen LogP contribution in [-0.2, 0) is 11.8 Å². The number of ether oxygens (including phenoxy) is 1. The molecule has 0 aliphatic heterocycles. The molecule has 2 heterocycles. The summed E-state index contributed by atoms with van der Waals surface area (Å²) in [5.41, 5.74) is 12.2. The fourth-order valence-corrected chi connectivity index (χ4v) is 4.74. The summed E-state index contributed by atoms with van der Waals surface area (Å²) < 4.78 is 8.20. The highest BCUT2D eigenvalue weighted by Crippen LogP contribution is 2.42. The van der Waals surface area contributed by atoms with Gasteiger partial charge in [-0.2, -0.15) is 0 Å². The molecule has 0 unspecified atom stereocenters. The summed E-state index contributed by atoms with van der Waals surface area (Å²) in [7, 11) is 1.97. The number of nitrogen functional groups attached to an aromatic ring is 1. The second kappa shape index (κ2) is 9.25. The van der Waals surface area contributed by atoms with Crippen molar-refractivity contribution in [1.82, 2.24) is 14.5 Å². The Kier molecular flexibility index (Phi) is 5.99. The van der Waals surface area contributed by atoms with E-state index in [9.17, 15) is 4.79 Å². The van der Waals surface area contributed by atoms with Gasteiger partial charge in [-0.05, 0) is 68.0 Å². The van der Waals surface area contributed by atoms with Gasteiger partial charge in [-0.1, -0.05) is 30.8 Å². The zero-order chi connectivity index (χ0) is 24.5. The molecule has 0 atom stereocenters. The van der Waals surface area contributed by atoms with Crippen molar-refractivity contribution in [2.45, 2.75) is 38.7 Å². The number of fused-ring (bicyclic) bond motifs is 1. The zero-order valence-electron chi connectivity index (χ0n) is 20.0. The van der Waals surface area contributed by atoms with Crippen molar-refractivity contribution in [3.8, 4) is 28.1 Å². The molecule has 1 saturated carbocycles. The van der Waals surface area contributed by atoms with Gasteiger partial charge < -0.3 is 20.4 Å². The lowest BCUT2D eigenvalue weighted by molar-refractivity contribution is -0.112. The molecule has 0 bridgehead atoms. The average molecular weight is 468 g/mol. The van der Waals surface area contributed by atoms with Crippen LogP contribution in [0.15, 0.2) is 67.0 Å². The number of nitrogens with zero attached hydrogens (tertiary/aromatic N) is 3. The predicted octanol–water partition coefficient (Wildman–Crippen LogP) is 5.72. The van der Waals surface area contributed by atoms with E-state index < -0.39 is 0 Å². The van der Waals surface area contributed by atoms with Crippen LogP contribution in [0.1, 0.15) is 32.6 Å². The van der Waals surface area contributed by atoms with Crippen LogP contribution in [-0.4, -0.2) is 26.5 Å². The van der Waals surface area contributed by atoms with Crippen molar-refractivity contribution in [2.75, 3.05) is 11.1 Å². The molecule has 3 N–H and O–H groups in total. The van der Waals surface area contributed by atoms with Gasteiger partial charge in [0.05, 0.1) is 17.2 Å². The van der Waals surface area contributed by atoms with E-state index in [0.717, 1.165) is 52.0 Å². The normalized spacial score (nSPS) is 13.8. The van der Waals surface area contributed by atoms with Gasteiger partial charge in [0.2, 0.25) is 0 Å². The minimum atomic E-state index is -0.203. The number of carbonyl (C=O) groups is 1. The molecule has 0 spiro atoms. The molecule has 2 aromatic carbocycles. The lowest BCUT2D eigenvalue weighted by Gasteiger charge is -2.14. The third-order valence-electron chi connectivity index (χ3n) is 6.55. The number of hydrogen-bond donors (Lipinski definition) is 2. The molecule has 4 aromatic rings. The third-order valence-corrected chi connectivity index (χ3v) is 6.55. The molecule has 1 fully saturated rings. The highest BCUT2D eigenvalue weighted by molar-refractivity contribution is 6.08. The van der Waals surface area contributed by atoms with Crippen LogP contribution in [0.25, 0.3) is 33.4 Å². The van der Waals surface area contributed by atoms with Crippen molar-refractivity contribution in [3.05, 3.63) is 67.0 Å². The van der Waals surface area contributed by atoms with Gasteiger partial charge in [-0.15, -0.1) is 0 Å². The Hall–Kier alpha value is -4.13. The molecule has 1 amide bonds. The standard InChI is InChI=1S/C28H29N5O2/c1-17(2)28(34)32-20-12-8-19(9-13-20)25-23(24-26(29)30-16-31-27(24)33(25)3)18-10-14-22(15-11-18)35-21-6-4-5-7-21/h8-16,21H,1,4-7H2,2-3H3,(H,32,34)(H2,29,30,31). The molecule has 7 heteroatoms. The second-order valence-corrected chi connectivity index (χ2v) is 9.10. The molecular weight excluding hydrogens is 438 g/mol. The van der Waals surface area contributed by atoms with Gasteiger partial charge in [0.15, 0.2) is 0 Å². The van der Waals surface area contributed by atoms with Crippen LogP contribution in [0.2, 0.25) is 0 Å². The Bertz CT molecular complexity index is 1400. The fraction of sp³-hybridized carbons (Fsp3) is 0.250. The van der Waals surface area contributed by atoms with Crippen LogP contribution in [0.4, 0.5) is 11.5 Å². The van der Waals surface area contributed by atoms with Gasteiger partial charge in [-0.3, -0.25) is 4.79 Å². The number of rotatable bonds is 6. The first-order valence-corrected chi connectivity index (χ1v) is 11.9. The Balaban J connectivity index is 1.57. The monoisotopic (exact) mass is 467 g/mol. The maximum absolute atomic E-state index is 12.0. The molecule has 0 radical (unpaired) electrons. The second-order valence-electron chi connectivity index (χ2n) is 9.10. The smallest absolute Gasteiger partial charge is 0.250 e. The predicted molar refractivity (Wildman–Crippen MR) is 140 cm³/mol. The summed E-state index contributed by atoms with van der Waals surface area (Å²) in [4.78, 5) is 20.8. The molecule has 2 aromatic heterocycles. The van der Waals surface area contributed by atoms with E-state index in [-0.39, 0.29) is 5.91 Å². The number of carbonyl (C=O) groups excluding carboxylic acids is 1. The number of anilines is 2. The molecule has 35 heavy (non-hydrogen) atoms. The molecule has 1 aliphatic carbocycles. The van der Waals surface area contributed by atoms with Crippen LogP contribution in [0, 0.1) is 0 Å². The van der Waals surface area contributed by atoms with E-state index in [0.29, 0.717) is 23.2 Å².